The first-order valence-electron chi connectivity index (χ1n) is 8.95. The molecule has 1 fully saturated rings. The third-order valence-electron chi connectivity index (χ3n) is 5.29. The number of hydrogen-bond acceptors (Lipinski definition) is 4. The van der Waals surface area contributed by atoms with Crippen molar-refractivity contribution >= 4 is 52.3 Å². The smallest absolute Gasteiger partial charge is 0.229 e. The van der Waals surface area contributed by atoms with Crippen LogP contribution in [0.5, 0.6) is 0 Å². The predicted molar refractivity (Wildman–Crippen MR) is 115 cm³/mol. The number of aromatic nitrogens is 1. The van der Waals surface area contributed by atoms with Crippen LogP contribution in [0, 0.1) is 5.41 Å². The number of benzene rings is 1. The maximum atomic E-state index is 13.3. The van der Waals surface area contributed by atoms with Gasteiger partial charge in [0.15, 0.2) is 0 Å². The highest BCUT2D eigenvalue weighted by molar-refractivity contribution is 7.18. The molecule has 0 radical (unpaired) electrons. The number of nitrogens with one attached hydrogen (secondary N) is 1. The van der Waals surface area contributed by atoms with E-state index in [0.717, 1.165) is 49.4 Å². The zero-order chi connectivity index (χ0) is 17.2. The Hall–Kier alpha value is -0.880. The van der Waals surface area contributed by atoms with Gasteiger partial charge in [-0.3, -0.25) is 4.79 Å². The topological polar surface area (TPSA) is 45.2 Å². The molecule has 1 aliphatic rings. The van der Waals surface area contributed by atoms with Crippen LogP contribution in [0.3, 0.4) is 0 Å². The number of rotatable bonds is 5. The van der Waals surface area contributed by atoms with Gasteiger partial charge in [-0.25, -0.2) is 4.98 Å². The SMILES string of the molecule is CCC(CC)(Cc1nc2ccccc2s1)C(=O)N1CCNC(C)C1.Cl.Cl. The van der Waals surface area contributed by atoms with Crippen LogP contribution in [-0.4, -0.2) is 41.5 Å². The van der Waals surface area contributed by atoms with Crippen LogP contribution in [0.1, 0.15) is 38.6 Å². The Morgan fingerprint density at radius 2 is 2.00 bits per heavy atom. The van der Waals surface area contributed by atoms with E-state index in [9.17, 15) is 4.79 Å². The molecule has 7 heteroatoms. The summed E-state index contributed by atoms with van der Waals surface area (Å²) < 4.78 is 1.21. The Morgan fingerprint density at radius 3 is 2.62 bits per heavy atom. The van der Waals surface area contributed by atoms with E-state index in [4.69, 9.17) is 4.98 Å². The highest BCUT2D eigenvalue weighted by Crippen LogP contribution is 2.36. The summed E-state index contributed by atoms with van der Waals surface area (Å²) in [5, 5.41) is 4.50. The minimum absolute atomic E-state index is 0. The number of thiazole rings is 1. The molecular weight excluding hydrogens is 389 g/mol. The fourth-order valence-corrected chi connectivity index (χ4v) is 4.73. The standard InChI is InChI=1S/C19H27N3OS.2ClH/c1-4-19(5-2,18(23)22-11-10-20-14(3)13-22)12-17-21-15-8-6-7-9-16(15)24-17;;/h6-9,14,20H,4-5,10-13H2,1-3H3;2*1H. The quantitative estimate of drug-likeness (QED) is 0.787. The van der Waals surface area contributed by atoms with Gasteiger partial charge in [-0.15, -0.1) is 36.2 Å². The molecule has 3 rings (SSSR count). The van der Waals surface area contributed by atoms with E-state index in [2.05, 4.69) is 43.1 Å². The van der Waals surface area contributed by atoms with E-state index in [1.54, 1.807) is 11.3 Å². The lowest BCUT2D eigenvalue weighted by Gasteiger charge is -2.39. The fraction of sp³-hybridized carbons (Fsp3) is 0.579. The number of piperazine rings is 1. The molecule has 1 atom stereocenters. The molecule has 0 bridgehead atoms. The van der Waals surface area contributed by atoms with Gasteiger partial charge in [0.05, 0.1) is 20.6 Å². The maximum absolute atomic E-state index is 13.3. The molecule has 2 aromatic rings. The third kappa shape index (κ3) is 4.69. The van der Waals surface area contributed by atoms with Crippen molar-refractivity contribution in [1.29, 1.82) is 0 Å². The lowest BCUT2D eigenvalue weighted by atomic mass is 9.77. The van der Waals surface area contributed by atoms with Crippen molar-refractivity contribution in [2.24, 2.45) is 5.41 Å². The Kier molecular flexibility index (Phi) is 8.80. The Balaban J connectivity index is 0.00000169. The van der Waals surface area contributed by atoms with E-state index in [1.807, 2.05) is 12.1 Å². The van der Waals surface area contributed by atoms with Gasteiger partial charge < -0.3 is 10.2 Å². The van der Waals surface area contributed by atoms with Gasteiger partial charge >= 0.3 is 0 Å². The summed E-state index contributed by atoms with van der Waals surface area (Å²) in [6.45, 7) is 8.93. The predicted octanol–water partition coefficient (Wildman–Crippen LogP) is 4.31. The molecule has 1 aromatic carbocycles. The molecule has 1 unspecified atom stereocenters. The van der Waals surface area contributed by atoms with Crippen molar-refractivity contribution in [2.75, 3.05) is 19.6 Å². The van der Waals surface area contributed by atoms with Gasteiger partial charge in [0.2, 0.25) is 5.91 Å². The molecule has 0 saturated carbocycles. The summed E-state index contributed by atoms with van der Waals surface area (Å²) in [5.41, 5.74) is 0.715. The zero-order valence-corrected chi connectivity index (χ0v) is 18.1. The lowest BCUT2D eigenvalue weighted by Crippen LogP contribution is -2.55. The fourth-order valence-electron chi connectivity index (χ4n) is 3.62. The number of amides is 1. The van der Waals surface area contributed by atoms with Crippen molar-refractivity contribution < 1.29 is 4.79 Å². The second-order valence-electron chi connectivity index (χ2n) is 6.85. The number of hydrogen-bond donors (Lipinski definition) is 1. The monoisotopic (exact) mass is 417 g/mol. The molecule has 26 heavy (non-hydrogen) atoms. The van der Waals surface area contributed by atoms with Crippen LogP contribution in [0.15, 0.2) is 24.3 Å². The number of para-hydroxylation sites is 1. The minimum Gasteiger partial charge on any atom is -0.339 e. The molecule has 146 valence electrons. The average Bonchev–Trinajstić information content (AvgIpc) is 3.01. The summed E-state index contributed by atoms with van der Waals surface area (Å²) in [6, 6.07) is 8.60. The molecule has 4 nitrogen and oxygen atoms in total. The van der Waals surface area contributed by atoms with E-state index in [0.29, 0.717) is 11.9 Å². The molecule has 0 aliphatic carbocycles. The van der Waals surface area contributed by atoms with Crippen molar-refractivity contribution in [2.45, 2.75) is 46.1 Å². The normalized spacial score (nSPS) is 17.5. The van der Waals surface area contributed by atoms with Gasteiger partial charge in [-0.1, -0.05) is 26.0 Å². The van der Waals surface area contributed by atoms with Crippen LogP contribution >= 0.6 is 36.2 Å². The van der Waals surface area contributed by atoms with Crippen molar-refractivity contribution in [1.82, 2.24) is 15.2 Å². The van der Waals surface area contributed by atoms with Gasteiger partial charge in [0.25, 0.3) is 0 Å². The number of carbonyl (C=O) groups is 1. The number of halogens is 2. The number of carbonyl (C=O) groups excluding carboxylic acids is 1. The van der Waals surface area contributed by atoms with E-state index in [-0.39, 0.29) is 30.2 Å². The first kappa shape index (κ1) is 23.2. The first-order valence-corrected chi connectivity index (χ1v) is 9.77. The van der Waals surface area contributed by atoms with Crippen molar-refractivity contribution in [3.63, 3.8) is 0 Å². The zero-order valence-electron chi connectivity index (χ0n) is 15.7. The first-order chi connectivity index (χ1) is 11.6. The van der Waals surface area contributed by atoms with E-state index < -0.39 is 0 Å². The molecule has 1 aliphatic heterocycles. The number of fused-ring (bicyclic) bond motifs is 1. The second-order valence-corrected chi connectivity index (χ2v) is 7.96. The maximum Gasteiger partial charge on any atom is 0.229 e. The highest BCUT2D eigenvalue weighted by Gasteiger charge is 2.40. The van der Waals surface area contributed by atoms with Crippen LogP contribution in [-0.2, 0) is 11.2 Å². The minimum atomic E-state index is -0.328. The van der Waals surface area contributed by atoms with Crippen LogP contribution in [0.2, 0.25) is 0 Å². The Bertz CT molecular complexity index is 685. The largest absolute Gasteiger partial charge is 0.339 e. The van der Waals surface area contributed by atoms with Crippen LogP contribution in [0.4, 0.5) is 0 Å². The van der Waals surface area contributed by atoms with Gasteiger partial charge in [-0.05, 0) is 31.9 Å². The lowest BCUT2D eigenvalue weighted by molar-refractivity contribution is -0.144. The summed E-state index contributed by atoms with van der Waals surface area (Å²) in [4.78, 5) is 20.2. The Labute approximate surface area is 172 Å². The van der Waals surface area contributed by atoms with Crippen LogP contribution < -0.4 is 5.32 Å². The van der Waals surface area contributed by atoms with Gasteiger partial charge in [-0.2, -0.15) is 0 Å². The molecule has 1 saturated heterocycles. The van der Waals surface area contributed by atoms with Gasteiger partial charge in [0.1, 0.15) is 0 Å². The second kappa shape index (κ2) is 9.88. The van der Waals surface area contributed by atoms with Crippen molar-refractivity contribution in [3.05, 3.63) is 29.3 Å². The molecule has 0 spiro atoms. The van der Waals surface area contributed by atoms with E-state index in [1.165, 1.54) is 4.70 Å². The molecule has 1 N–H and O–H groups in total. The van der Waals surface area contributed by atoms with Crippen LogP contribution in [0.25, 0.3) is 10.2 Å². The average molecular weight is 418 g/mol. The van der Waals surface area contributed by atoms with Gasteiger partial charge in [0, 0.05) is 32.1 Å². The third-order valence-corrected chi connectivity index (χ3v) is 6.33. The van der Waals surface area contributed by atoms with E-state index >= 15 is 0 Å². The summed E-state index contributed by atoms with van der Waals surface area (Å²) in [5.74, 6) is 0.306. The Morgan fingerprint density at radius 1 is 1.31 bits per heavy atom. The summed E-state index contributed by atoms with van der Waals surface area (Å²) in [7, 11) is 0. The summed E-state index contributed by atoms with van der Waals surface area (Å²) in [6.07, 6.45) is 2.46. The molecular formula is C19H29Cl2N3OS. The highest BCUT2D eigenvalue weighted by atomic mass is 35.5. The number of nitrogens with zero attached hydrogens (tertiary/aromatic N) is 2. The molecule has 2 heterocycles. The molecule has 1 amide bonds. The molecule has 1 aromatic heterocycles. The van der Waals surface area contributed by atoms with Crippen molar-refractivity contribution in [3.8, 4) is 0 Å². The summed E-state index contributed by atoms with van der Waals surface area (Å²) >= 11 is 1.73.